The van der Waals surface area contributed by atoms with Crippen LogP contribution in [0, 0.1) is 11.3 Å². The van der Waals surface area contributed by atoms with Gasteiger partial charge in [-0.15, -0.1) is 0 Å². The fraction of sp³-hybridized carbons (Fsp3) is 0.154. The van der Waals surface area contributed by atoms with E-state index >= 15 is 0 Å². The molecule has 1 atom stereocenters. The molecule has 15 heavy (non-hydrogen) atoms. The van der Waals surface area contributed by atoms with Gasteiger partial charge < -0.3 is 4.42 Å². The van der Waals surface area contributed by atoms with Crippen molar-refractivity contribution in [2.45, 2.75) is 12.8 Å². The Morgan fingerprint density at radius 3 is 2.47 bits per heavy atom. The van der Waals surface area contributed by atoms with Gasteiger partial charge in [0.05, 0.1) is 18.3 Å². The van der Waals surface area contributed by atoms with Crippen LogP contribution in [-0.2, 0) is 0 Å². The van der Waals surface area contributed by atoms with Crippen molar-refractivity contribution in [3.8, 4) is 17.4 Å². The number of nitrogens with zero attached hydrogens (tertiary/aromatic N) is 1. The van der Waals surface area contributed by atoms with Crippen LogP contribution < -0.4 is 0 Å². The van der Waals surface area contributed by atoms with E-state index in [1.54, 1.807) is 6.26 Å². The average molecular weight is 197 g/mol. The normalized spacial score (nSPS) is 12.0. The molecule has 2 nitrogen and oxygen atoms in total. The monoisotopic (exact) mass is 197 g/mol. The van der Waals surface area contributed by atoms with Crippen molar-refractivity contribution < 1.29 is 4.42 Å². The van der Waals surface area contributed by atoms with Crippen molar-refractivity contribution in [2.24, 2.45) is 0 Å². The lowest BCUT2D eigenvalue weighted by Crippen LogP contribution is -1.88. The minimum absolute atomic E-state index is 0.0596. The van der Waals surface area contributed by atoms with Crippen molar-refractivity contribution in [1.82, 2.24) is 0 Å². The first-order valence-corrected chi connectivity index (χ1v) is 4.84. The van der Waals surface area contributed by atoms with Gasteiger partial charge in [-0.1, -0.05) is 24.3 Å². The van der Waals surface area contributed by atoms with Crippen molar-refractivity contribution in [2.75, 3.05) is 0 Å². The lowest BCUT2D eigenvalue weighted by atomic mass is 10.0. The highest BCUT2D eigenvalue weighted by Crippen LogP contribution is 2.22. The molecule has 0 saturated heterocycles. The fourth-order valence-electron chi connectivity index (χ4n) is 1.45. The van der Waals surface area contributed by atoms with Crippen molar-refractivity contribution in [3.05, 3.63) is 48.2 Å². The zero-order valence-corrected chi connectivity index (χ0v) is 8.47. The number of furan rings is 1. The molecule has 1 aromatic heterocycles. The van der Waals surface area contributed by atoms with Crippen LogP contribution in [0.2, 0.25) is 0 Å². The molecule has 2 heteroatoms. The third kappa shape index (κ3) is 1.92. The number of hydrogen-bond donors (Lipinski definition) is 0. The maximum absolute atomic E-state index is 8.77. The molecule has 0 fully saturated rings. The smallest absolute Gasteiger partial charge is 0.133 e. The highest BCUT2D eigenvalue weighted by atomic mass is 16.3. The summed E-state index contributed by atoms with van der Waals surface area (Å²) in [6.45, 7) is 1.89. The van der Waals surface area contributed by atoms with Crippen LogP contribution >= 0.6 is 0 Å². The van der Waals surface area contributed by atoms with E-state index in [0.717, 1.165) is 16.9 Å². The van der Waals surface area contributed by atoms with Crippen LogP contribution in [0.1, 0.15) is 18.4 Å². The van der Waals surface area contributed by atoms with Gasteiger partial charge in [-0.3, -0.25) is 0 Å². The van der Waals surface area contributed by atoms with Gasteiger partial charge in [0.1, 0.15) is 5.76 Å². The molecule has 1 unspecified atom stereocenters. The van der Waals surface area contributed by atoms with E-state index in [1.807, 2.05) is 43.3 Å². The van der Waals surface area contributed by atoms with Crippen LogP contribution in [-0.4, -0.2) is 0 Å². The van der Waals surface area contributed by atoms with E-state index in [4.69, 9.17) is 9.68 Å². The molecule has 0 bridgehead atoms. The molecule has 0 amide bonds. The zero-order valence-electron chi connectivity index (χ0n) is 8.47. The first kappa shape index (κ1) is 9.54. The summed E-state index contributed by atoms with van der Waals surface area (Å²) in [6.07, 6.45) is 1.65. The Morgan fingerprint density at radius 1 is 1.20 bits per heavy atom. The molecule has 1 aromatic carbocycles. The molecular formula is C13H11NO. The summed E-state index contributed by atoms with van der Waals surface area (Å²) >= 11 is 0. The minimum atomic E-state index is -0.0596. The number of rotatable bonds is 2. The molecule has 0 aliphatic rings. The Balaban J connectivity index is 2.30. The standard InChI is InChI=1S/C13H11NO/c1-10(9-14)11-4-6-12(7-5-11)13-3-2-8-15-13/h2-8,10H,1H3. The Labute approximate surface area is 88.8 Å². The van der Waals surface area contributed by atoms with E-state index < -0.39 is 0 Å². The summed E-state index contributed by atoms with van der Waals surface area (Å²) in [6, 6.07) is 13.9. The van der Waals surface area contributed by atoms with E-state index in [1.165, 1.54) is 0 Å². The summed E-state index contributed by atoms with van der Waals surface area (Å²) in [4.78, 5) is 0. The van der Waals surface area contributed by atoms with E-state index in [-0.39, 0.29) is 5.92 Å². The molecular weight excluding hydrogens is 186 g/mol. The maximum Gasteiger partial charge on any atom is 0.133 e. The van der Waals surface area contributed by atoms with Crippen LogP contribution in [0.15, 0.2) is 47.1 Å². The zero-order chi connectivity index (χ0) is 10.7. The van der Waals surface area contributed by atoms with Crippen LogP contribution in [0.25, 0.3) is 11.3 Å². The Morgan fingerprint density at radius 2 is 1.93 bits per heavy atom. The van der Waals surface area contributed by atoms with E-state index in [9.17, 15) is 0 Å². The van der Waals surface area contributed by atoms with E-state index in [2.05, 4.69) is 6.07 Å². The fourth-order valence-corrected chi connectivity index (χ4v) is 1.45. The molecule has 0 aliphatic carbocycles. The number of hydrogen-bond acceptors (Lipinski definition) is 2. The first-order chi connectivity index (χ1) is 7.31. The topological polar surface area (TPSA) is 36.9 Å². The van der Waals surface area contributed by atoms with Gasteiger partial charge in [0.25, 0.3) is 0 Å². The Hall–Kier alpha value is -2.01. The largest absolute Gasteiger partial charge is 0.464 e. The molecule has 74 valence electrons. The minimum Gasteiger partial charge on any atom is -0.464 e. The first-order valence-electron chi connectivity index (χ1n) is 4.84. The molecule has 2 aromatic rings. The lowest BCUT2D eigenvalue weighted by Gasteiger charge is -2.03. The summed E-state index contributed by atoms with van der Waals surface area (Å²) in [5.74, 6) is 0.793. The summed E-state index contributed by atoms with van der Waals surface area (Å²) in [7, 11) is 0. The Kier molecular flexibility index (Phi) is 2.55. The van der Waals surface area contributed by atoms with Gasteiger partial charge in [-0.05, 0) is 24.6 Å². The van der Waals surface area contributed by atoms with Crippen molar-refractivity contribution in [1.29, 1.82) is 5.26 Å². The highest BCUT2D eigenvalue weighted by Gasteiger charge is 2.04. The summed E-state index contributed by atoms with van der Waals surface area (Å²) < 4.78 is 5.28. The highest BCUT2D eigenvalue weighted by molar-refractivity contribution is 5.57. The van der Waals surface area contributed by atoms with Gasteiger partial charge >= 0.3 is 0 Å². The van der Waals surface area contributed by atoms with Crippen molar-refractivity contribution >= 4 is 0 Å². The molecule has 2 rings (SSSR count). The third-order valence-corrected chi connectivity index (χ3v) is 2.41. The Bertz CT molecular complexity index is 462. The van der Waals surface area contributed by atoms with Crippen LogP contribution in [0.3, 0.4) is 0 Å². The van der Waals surface area contributed by atoms with Crippen molar-refractivity contribution in [3.63, 3.8) is 0 Å². The lowest BCUT2D eigenvalue weighted by molar-refractivity contribution is 0.582. The maximum atomic E-state index is 8.77. The second-order valence-corrected chi connectivity index (χ2v) is 3.45. The van der Waals surface area contributed by atoms with Crippen LogP contribution in [0.4, 0.5) is 0 Å². The molecule has 0 spiro atoms. The van der Waals surface area contributed by atoms with Gasteiger partial charge in [-0.2, -0.15) is 5.26 Å². The SMILES string of the molecule is CC(C#N)c1ccc(-c2ccco2)cc1. The number of nitriles is 1. The third-order valence-electron chi connectivity index (χ3n) is 2.41. The predicted molar refractivity (Wildman–Crippen MR) is 58.2 cm³/mol. The average Bonchev–Trinajstić information content (AvgIpc) is 2.82. The summed E-state index contributed by atoms with van der Waals surface area (Å²) in [5.41, 5.74) is 2.07. The molecule has 1 heterocycles. The predicted octanol–water partition coefficient (Wildman–Crippen LogP) is 3.57. The molecule has 0 aliphatic heterocycles. The number of benzene rings is 1. The van der Waals surface area contributed by atoms with Gasteiger partial charge in [0, 0.05) is 5.56 Å². The quantitative estimate of drug-likeness (QED) is 0.737. The second kappa shape index (κ2) is 4.02. The summed E-state index contributed by atoms with van der Waals surface area (Å²) in [5, 5.41) is 8.77. The van der Waals surface area contributed by atoms with Gasteiger partial charge in [0.15, 0.2) is 0 Å². The van der Waals surface area contributed by atoms with Gasteiger partial charge in [-0.25, -0.2) is 0 Å². The molecule has 0 saturated carbocycles. The molecule has 0 N–H and O–H groups in total. The molecule has 0 radical (unpaired) electrons. The van der Waals surface area contributed by atoms with Gasteiger partial charge in [0.2, 0.25) is 0 Å². The second-order valence-electron chi connectivity index (χ2n) is 3.45. The van der Waals surface area contributed by atoms with Crippen LogP contribution in [0.5, 0.6) is 0 Å². The van der Waals surface area contributed by atoms with E-state index in [0.29, 0.717) is 0 Å².